The summed E-state index contributed by atoms with van der Waals surface area (Å²) in [4.78, 5) is 5.14. The molecule has 114 valence electrons. The summed E-state index contributed by atoms with van der Waals surface area (Å²) in [6.07, 6.45) is 9.39. The first-order valence-electron chi connectivity index (χ1n) is 8.37. The average molecular weight is 269 g/mol. The van der Waals surface area contributed by atoms with E-state index in [1.54, 1.807) is 0 Å². The fraction of sp³-hybridized carbons (Fsp3) is 1.00. The Hall–Kier alpha value is -0.120. The minimum atomic E-state index is 0.580. The van der Waals surface area contributed by atoms with Crippen molar-refractivity contribution in [1.82, 2.24) is 9.80 Å². The molecule has 1 rings (SSSR count). The summed E-state index contributed by atoms with van der Waals surface area (Å²) in [6, 6.07) is 1.34. The van der Waals surface area contributed by atoms with Gasteiger partial charge in [-0.25, -0.2) is 0 Å². The van der Waals surface area contributed by atoms with Crippen molar-refractivity contribution in [2.45, 2.75) is 70.9 Å². The SMILES string of the molecule is CCCCCCC(CN)N(C)CC1CCCN1CC. The van der Waals surface area contributed by atoms with Crippen molar-refractivity contribution in [2.24, 2.45) is 5.73 Å². The number of nitrogens with zero attached hydrogens (tertiary/aromatic N) is 2. The second-order valence-corrected chi connectivity index (χ2v) is 6.10. The zero-order valence-electron chi connectivity index (χ0n) is 13.4. The fourth-order valence-corrected chi connectivity index (χ4v) is 3.32. The van der Waals surface area contributed by atoms with Gasteiger partial charge in [0.15, 0.2) is 0 Å². The molecule has 0 aromatic carbocycles. The largest absolute Gasteiger partial charge is 0.329 e. The zero-order chi connectivity index (χ0) is 14.1. The van der Waals surface area contributed by atoms with Crippen LogP contribution in [0.25, 0.3) is 0 Å². The molecule has 0 aliphatic carbocycles. The number of hydrogen-bond acceptors (Lipinski definition) is 3. The molecule has 0 aromatic heterocycles. The van der Waals surface area contributed by atoms with E-state index in [0.717, 1.165) is 12.6 Å². The smallest absolute Gasteiger partial charge is 0.0223 e. The number of unbranched alkanes of at least 4 members (excludes halogenated alkanes) is 3. The minimum absolute atomic E-state index is 0.580. The summed E-state index contributed by atoms with van der Waals surface area (Å²) in [6.45, 7) is 9.04. The number of hydrogen-bond donors (Lipinski definition) is 1. The Balaban J connectivity index is 2.29. The van der Waals surface area contributed by atoms with Gasteiger partial charge in [0.1, 0.15) is 0 Å². The summed E-state index contributed by atoms with van der Waals surface area (Å²) in [5, 5.41) is 0. The molecule has 0 spiro atoms. The molecule has 1 aliphatic heterocycles. The van der Waals surface area contributed by atoms with E-state index >= 15 is 0 Å². The topological polar surface area (TPSA) is 32.5 Å². The second kappa shape index (κ2) is 9.73. The van der Waals surface area contributed by atoms with Gasteiger partial charge in [-0.3, -0.25) is 4.90 Å². The third-order valence-electron chi connectivity index (χ3n) is 4.69. The van der Waals surface area contributed by atoms with E-state index < -0.39 is 0 Å². The maximum atomic E-state index is 5.97. The molecule has 1 heterocycles. The van der Waals surface area contributed by atoms with Crippen LogP contribution in [0.15, 0.2) is 0 Å². The van der Waals surface area contributed by atoms with Gasteiger partial charge in [0, 0.05) is 25.2 Å². The molecule has 0 radical (unpaired) electrons. The first-order chi connectivity index (χ1) is 9.22. The average Bonchev–Trinajstić information content (AvgIpc) is 2.86. The van der Waals surface area contributed by atoms with E-state index in [4.69, 9.17) is 5.73 Å². The summed E-state index contributed by atoms with van der Waals surface area (Å²) in [5.41, 5.74) is 5.97. The first-order valence-corrected chi connectivity index (χ1v) is 8.37. The lowest BCUT2D eigenvalue weighted by Gasteiger charge is -2.32. The Bertz CT molecular complexity index is 220. The monoisotopic (exact) mass is 269 g/mol. The van der Waals surface area contributed by atoms with Crippen LogP contribution in [0.5, 0.6) is 0 Å². The molecule has 0 saturated carbocycles. The van der Waals surface area contributed by atoms with Gasteiger partial charge in [0.25, 0.3) is 0 Å². The molecule has 2 unspecified atom stereocenters. The number of rotatable bonds is 10. The van der Waals surface area contributed by atoms with Gasteiger partial charge in [-0.1, -0.05) is 39.5 Å². The van der Waals surface area contributed by atoms with Crippen LogP contribution in [-0.2, 0) is 0 Å². The van der Waals surface area contributed by atoms with Gasteiger partial charge < -0.3 is 10.6 Å². The standard InChI is InChI=1S/C16H35N3/c1-4-6-7-8-10-15(13-17)18(3)14-16-11-9-12-19(16)5-2/h15-16H,4-14,17H2,1-3H3. The molecule has 1 saturated heterocycles. The van der Waals surface area contributed by atoms with E-state index in [2.05, 4.69) is 30.7 Å². The summed E-state index contributed by atoms with van der Waals surface area (Å²) in [5.74, 6) is 0. The predicted octanol–water partition coefficient (Wildman–Crippen LogP) is 2.70. The molecule has 19 heavy (non-hydrogen) atoms. The molecular weight excluding hydrogens is 234 g/mol. The third-order valence-corrected chi connectivity index (χ3v) is 4.69. The van der Waals surface area contributed by atoms with Crippen LogP contribution in [-0.4, -0.2) is 55.1 Å². The van der Waals surface area contributed by atoms with Crippen molar-refractivity contribution < 1.29 is 0 Å². The number of likely N-dealkylation sites (tertiary alicyclic amines) is 1. The van der Waals surface area contributed by atoms with Crippen LogP contribution in [0.1, 0.15) is 58.8 Å². The van der Waals surface area contributed by atoms with Crippen LogP contribution in [0.4, 0.5) is 0 Å². The molecule has 1 fully saturated rings. The highest BCUT2D eigenvalue weighted by molar-refractivity contribution is 4.83. The fourth-order valence-electron chi connectivity index (χ4n) is 3.32. The normalized spacial score (nSPS) is 22.3. The van der Waals surface area contributed by atoms with Crippen molar-refractivity contribution in [2.75, 3.05) is 33.2 Å². The Morgan fingerprint density at radius 3 is 2.68 bits per heavy atom. The highest BCUT2D eigenvalue weighted by Gasteiger charge is 2.25. The van der Waals surface area contributed by atoms with Gasteiger partial charge in [0.05, 0.1) is 0 Å². The highest BCUT2D eigenvalue weighted by Crippen LogP contribution is 2.19. The highest BCUT2D eigenvalue weighted by atomic mass is 15.2. The molecule has 0 amide bonds. The van der Waals surface area contributed by atoms with Crippen LogP contribution >= 0.6 is 0 Å². The lowest BCUT2D eigenvalue weighted by atomic mass is 10.1. The first kappa shape index (κ1) is 16.9. The number of nitrogens with two attached hydrogens (primary N) is 1. The minimum Gasteiger partial charge on any atom is -0.329 e. The van der Waals surface area contributed by atoms with Crippen molar-refractivity contribution in [3.05, 3.63) is 0 Å². The lowest BCUT2D eigenvalue weighted by Crippen LogP contribution is -2.45. The Morgan fingerprint density at radius 2 is 2.05 bits per heavy atom. The summed E-state index contributed by atoms with van der Waals surface area (Å²) < 4.78 is 0. The van der Waals surface area contributed by atoms with Crippen molar-refractivity contribution in [1.29, 1.82) is 0 Å². The molecule has 1 aliphatic rings. The lowest BCUT2D eigenvalue weighted by molar-refractivity contribution is 0.158. The zero-order valence-corrected chi connectivity index (χ0v) is 13.4. The van der Waals surface area contributed by atoms with Gasteiger partial charge in [-0.05, 0) is 39.4 Å². The van der Waals surface area contributed by atoms with Crippen molar-refractivity contribution in [3.8, 4) is 0 Å². The maximum Gasteiger partial charge on any atom is 0.0223 e. The molecule has 3 nitrogen and oxygen atoms in total. The van der Waals surface area contributed by atoms with E-state index in [1.165, 1.54) is 64.6 Å². The van der Waals surface area contributed by atoms with E-state index in [-0.39, 0.29) is 0 Å². The van der Waals surface area contributed by atoms with Gasteiger partial charge in [-0.15, -0.1) is 0 Å². The van der Waals surface area contributed by atoms with Crippen LogP contribution < -0.4 is 5.73 Å². The molecule has 0 aromatic rings. The predicted molar refractivity (Wildman–Crippen MR) is 84.5 cm³/mol. The van der Waals surface area contributed by atoms with Gasteiger partial charge in [-0.2, -0.15) is 0 Å². The van der Waals surface area contributed by atoms with Crippen LogP contribution in [0.3, 0.4) is 0 Å². The number of likely N-dealkylation sites (N-methyl/N-ethyl adjacent to an activating group) is 2. The molecule has 0 bridgehead atoms. The summed E-state index contributed by atoms with van der Waals surface area (Å²) >= 11 is 0. The third kappa shape index (κ3) is 5.80. The molecule has 3 heteroatoms. The quantitative estimate of drug-likeness (QED) is 0.619. The molecular formula is C16H35N3. The van der Waals surface area contributed by atoms with Gasteiger partial charge >= 0.3 is 0 Å². The van der Waals surface area contributed by atoms with Crippen LogP contribution in [0.2, 0.25) is 0 Å². The second-order valence-electron chi connectivity index (χ2n) is 6.10. The van der Waals surface area contributed by atoms with Crippen molar-refractivity contribution in [3.63, 3.8) is 0 Å². The van der Waals surface area contributed by atoms with E-state index in [9.17, 15) is 0 Å². The van der Waals surface area contributed by atoms with E-state index in [0.29, 0.717) is 6.04 Å². The van der Waals surface area contributed by atoms with Crippen molar-refractivity contribution >= 4 is 0 Å². The summed E-state index contributed by atoms with van der Waals surface area (Å²) in [7, 11) is 2.27. The van der Waals surface area contributed by atoms with Crippen LogP contribution in [0, 0.1) is 0 Å². The van der Waals surface area contributed by atoms with Gasteiger partial charge in [0.2, 0.25) is 0 Å². The van der Waals surface area contributed by atoms with E-state index in [1.807, 2.05) is 0 Å². The Kier molecular flexibility index (Phi) is 8.67. The molecule has 2 N–H and O–H groups in total. The Morgan fingerprint density at radius 1 is 1.26 bits per heavy atom. The molecule has 2 atom stereocenters. The Labute approximate surface area is 120 Å². The maximum absolute atomic E-state index is 5.97.